The number of rotatable bonds is 11. The Morgan fingerprint density at radius 2 is 1.75 bits per heavy atom. The highest BCUT2D eigenvalue weighted by Gasteiger charge is 2.32. The fourth-order valence-electron chi connectivity index (χ4n) is 3.36. The Balaban J connectivity index is 2.51. The SMILES string of the molecule is COc1ccc([N+](=O)[O-])cc1N(CC(=O)N(Cc1ccc(F)cc1)C(C)C(=O)NC(C)C)S(C)(=O)=O. The summed E-state index contributed by atoms with van der Waals surface area (Å²) in [5.41, 5.74) is -0.101. The normalized spacial score (nSPS) is 12.1. The molecule has 36 heavy (non-hydrogen) atoms. The number of halogens is 1. The molecule has 0 bridgehead atoms. The van der Waals surface area contributed by atoms with Crippen molar-refractivity contribution in [2.45, 2.75) is 39.4 Å². The summed E-state index contributed by atoms with van der Waals surface area (Å²) in [5.74, 6) is -1.72. The van der Waals surface area contributed by atoms with Gasteiger partial charge >= 0.3 is 0 Å². The first kappa shape index (κ1) is 28.5. The van der Waals surface area contributed by atoms with E-state index in [2.05, 4.69) is 5.32 Å². The molecule has 0 radical (unpaired) electrons. The molecule has 11 nitrogen and oxygen atoms in total. The summed E-state index contributed by atoms with van der Waals surface area (Å²) >= 11 is 0. The van der Waals surface area contributed by atoms with Crippen molar-refractivity contribution in [3.8, 4) is 5.75 Å². The molecule has 0 aromatic heterocycles. The van der Waals surface area contributed by atoms with Gasteiger partial charge in [0.05, 0.1) is 18.3 Å². The van der Waals surface area contributed by atoms with Crippen LogP contribution < -0.4 is 14.4 Å². The highest BCUT2D eigenvalue weighted by Crippen LogP contribution is 2.33. The van der Waals surface area contributed by atoms with Crippen molar-refractivity contribution in [2.24, 2.45) is 0 Å². The first-order valence-corrected chi connectivity index (χ1v) is 12.7. The van der Waals surface area contributed by atoms with E-state index in [4.69, 9.17) is 4.74 Å². The van der Waals surface area contributed by atoms with E-state index in [1.54, 1.807) is 13.8 Å². The van der Waals surface area contributed by atoms with E-state index < -0.39 is 50.9 Å². The Bertz CT molecular complexity index is 1220. The Morgan fingerprint density at radius 3 is 2.25 bits per heavy atom. The first-order valence-electron chi connectivity index (χ1n) is 10.9. The quantitative estimate of drug-likeness (QED) is 0.352. The first-order chi connectivity index (χ1) is 16.7. The van der Waals surface area contributed by atoms with Crippen LogP contribution in [0.25, 0.3) is 0 Å². The lowest BCUT2D eigenvalue weighted by molar-refractivity contribution is -0.384. The number of hydrogen-bond donors (Lipinski definition) is 1. The molecule has 2 amide bonds. The molecule has 2 aromatic carbocycles. The summed E-state index contributed by atoms with van der Waals surface area (Å²) in [6.45, 7) is 4.09. The number of non-ortho nitro benzene ring substituents is 1. The summed E-state index contributed by atoms with van der Waals surface area (Å²) in [7, 11) is -2.88. The zero-order valence-corrected chi connectivity index (χ0v) is 21.4. The van der Waals surface area contributed by atoms with Crippen molar-refractivity contribution in [3.63, 3.8) is 0 Å². The van der Waals surface area contributed by atoms with Gasteiger partial charge in [-0.1, -0.05) is 12.1 Å². The van der Waals surface area contributed by atoms with Crippen LogP contribution in [0.2, 0.25) is 0 Å². The number of anilines is 1. The smallest absolute Gasteiger partial charge is 0.271 e. The number of hydrogen-bond acceptors (Lipinski definition) is 7. The molecule has 1 unspecified atom stereocenters. The number of nitrogens with zero attached hydrogens (tertiary/aromatic N) is 3. The van der Waals surface area contributed by atoms with E-state index >= 15 is 0 Å². The lowest BCUT2D eigenvalue weighted by Gasteiger charge is -2.32. The zero-order valence-electron chi connectivity index (χ0n) is 20.6. The van der Waals surface area contributed by atoms with Crippen molar-refractivity contribution in [1.82, 2.24) is 10.2 Å². The van der Waals surface area contributed by atoms with E-state index in [9.17, 15) is 32.5 Å². The predicted octanol–water partition coefficient (Wildman–Crippen LogP) is 2.45. The summed E-state index contributed by atoms with van der Waals surface area (Å²) in [5, 5.41) is 14.0. The molecule has 0 aliphatic rings. The number of amides is 2. The van der Waals surface area contributed by atoms with Gasteiger partial charge in [0.25, 0.3) is 5.69 Å². The maximum atomic E-state index is 13.5. The third-order valence-electron chi connectivity index (χ3n) is 5.19. The molecule has 13 heteroatoms. The van der Waals surface area contributed by atoms with Crippen LogP contribution in [0.1, 0.15) is 26.3 Å². The van der Waals surface area contributed by atoms with Crippen LogP contribution >= 0.6 is 0 Å². The Hall–Kier alpha value is -3.74. The molecule has 2 rings (SSSR count). The van der Waals surface area contributed by atoms with Crippen molar-refractivity contribution in [1.29, 1.82) is 0 Å². The van der Waals surface area contributed by atoms with Crippen molar-refractivity contribution < 1.29 is 32.1 Å². The summed E-state index contributed by atoms with van der Waals surface area (Å²) in [6, 6.07) is 7.42. The van der Waals surface area contributed by atoms with Crippen molar-refractivity contribution in [3.05, 3.63) is 64.0 Å². The number of carbonyl (C=O) groups excluding carboxylic acids is 2. The molecule has 196 valence electrons. The largest absolute Gasteiger partial charge is 0.495 e. The third-order valence-corrected chi connectivity index (χ3v) is 6.31. The third kappa shape index (κ3) is 7.38. The lowest BCUT2D eigenvalue weighted by Crippen LogP contribution is -2.52. The molecule has 0 saturated carbocycles. The minimum atomic E-state index is -4.13. The van der Waals surface area contributed by atoms with Gasteiger partial charge in [0.2, 0.25) is 21.8 Å². The van der Waals surface area contributed by atoms with E-state index in [0.29, 0.717) is 9.87 Å². The second-order valence-electron chi connectivity index (χ2n) is 8.37. The molecule has 0 spiro atoms. The maximum Gasteiger partial charge on any atom is 0.271 e. The van der Waals surface area contributed by atoms with Crippen LogP contribution in [0, 0.1) is 15.9 Å². The van der Waals surface area contributed by atoms with Gasteiger partial charge in [0.15, 0.2) is 0 Å². The summed E-state index contributed by atoms with van der Waals surface area (Å²) in [4.78, 5) is 38.0. The van der Waals surface area contributed by atoms with Gasteiger partial charge in [0.1, 0.15) is 29.8 Å². The minimum Gasteiger partial charge on any atom is -0.495 e. The van der Waals surface area contributed by atoms with Gasteiger partial charge in [-0.25, -0.2) is 12.8 Å². The summed E-state index contributed by atoms with van der Waals surface area (Å²) in [6.07, 6.45) is 0.845. The Kier molecular flexibility index (Phi) is 9.34. The number of methoxy groups -OCH3 is 1. The molecule has 0 heterocycles. The van der Waals surface area contributed by atoms with E-state index in [1.807, 2.05) is 0 Å². The topological polar surface area (TPSA) is 139 Å². The van der Waals surface area contributed by atoms with Gasteiger partial charge in [-0.2, -0.15) is 0 Å². The molecule has 0 aliphatic carbocycles. The average molecular weight is 525 g/mol. The van der Waals surface area contributed by atoms with Crippen molar-refractivity contribution in [2.75, 3.05) is 24.2 Å². The van der Waals surface area contributed by atoms with Crippen LogP contribution in [0.4, 0.5) is 15.8 Å². The van der Waals surface area contributed by atoms with Crippen LogP contribution in [0.5, 0.6) is 5.75 Å². The highest BCUT2D eigenvalue weighted by molar-refractivity contribution is 7.92. The number of nitrogens with one attached hydrogen (secondary N) is 1. The predicted molar refractivity (Wildman–Crippen MR) is 132 cm³/mol. The van der Waals surface area contributed by atoms with Crippen LogP contribution in [-0.2, 0) is 26.2 Å². The van der Waals surface area contributed by atoms with Gasteiger partial charge < -0.3 is 15.0 Å². The molecular formula is C23H29FN4O7S. The van der Waals surface area contributed by atoms with Crippen molar-refractivity contribution >= 4 is 33.2 Å². The number of nitro groups is 1. The van der Waals surface area contributed by atoms with Gasteiger partial charge in [0, 0.05) is 24.7 Å². The molecule has 0 saturated heterocycles. The van der Waals surface area contributed by atoms with Gasteiger partial charge in [-0.05, 0) is 44.5 Å². The van der Waals surface area contributed by atoms with E-state index in [-0.39, 0.29) is 24.0 Å². The molecular weight excluding hydrogens is 495 g/mol. The average Bonchev–Trinajstić information content (AvgIpc) is 2.79. The van der Waals surface area contributed by atoms with Crippen LogP contribution in [0.15, 0.2) is 42.5 Å². The molecule has 1 N–H and O–H groups in total. The second kappa shape index (κ2) is 11.8. The van der Waals surface area contributed by atoms with E-state index in [0.717, 1.165) is 23.3 Å². The maximum absolute atomic E-state index is 13.5. The lowest BCUT2D eigenvalue weighted by atomic mass is 10.1. The molecule has 1 atom stereocenters. The minimum absolute atomic E-state index is 0.00508. The number of sulfonamides is 1. The second-order valence-corrected chi connectivity index (χ2v) is 10.3. The van der Waals surface area contributed by atoms with Crippen LogP contribution in [0.3, 0.4) is 0 Å². The number of nitro benzene ring substituents is 1. The fraction of sp³-hybridized carbons (Fsp3) is 0.391. The monoisotopic (exact) mass is 524 g/mol. The number of carbonyl (C=O) groups is 2. The Labute approximate surface area is 209 Å². The Morgan fingerprint density at radius 1 is 1.14 bits per heavy atom. The zero-order chi connectivity index (χ0) is 27.2. The highest BCUT2D eigenvalue weighted by atomic mass is 32.2. The molecule has 0 aliphatic heterocycles. The fourth-order valence-corrected chi connectivity index (χ4v) is 4.20. The van der Waals surface area contributed by atoms with Gasteiger partial charge in [-0.15, -0.1) is 0 Å². The number of benzene rings is 2. The number of ether oxygens (including phenoxy) is 1. The standard InChI is InChI=1S/C23H29FN4O7S/c1-15(2)25-23(30)16(3)26(13-17-6-8-18(24)9-7-17)22(29)14-27(36(5,33)34)20-12-19(28(31)32)10-11-21(20)35-4/h6-12,15-16H,13-14H2,1-5H3,(H,25,30). The van der Waals surface area contributed by atoms with E-state index in [1.165, 1.54) is 44.4 Å². The molecule has 2 aromatic rings. The van der Waals surface area contributed by atoms with Crippen LogP contribution in [-0.4, -0.2) is 62.0 Å². The molecule has 0 fully saturated rings. The summed E-state index contributed by atoms with van der Waals surface area (Å²) < 4.78 is 44.6. The van der Waals surface area contributed by atoms with Gasteiger partial charge in [-0.3, -0.25) is 24.0 Å².